The summed E-state index contributed by atoms with van der Waals surface area (Å²) in [7, 11) is 0. The van der Waals surface area contributed by atoms with Gasteiger partial charge >= 0.3 is 0 Å². The highest BCUT2D eigenvalue weighted by atomic mass is 14.9. The number of para-hydroxylation sites is 1. The average Bonchev–Trinajstić information content (AvgIpc) is 2.53. The van der Waals surface area contributed by atoms with Gasteiger partial charge in [0.15, 0.2) is 0 Å². The van der Waals surface area contributed by atoms with E-state index in [9.17, 15) is 0 Å². The first-order chi connectivity index (χ1) is 9.84. The number of aromatic nitrogens is 2. The second-order valence-electron chi connectivity index (χ2n) is 4.84. The van der Waals surface area contributed by atoms with Crippen LogP contribution in [0.2, 0.25) is 0 Å². The number of pyridine rings is 2. The van der Waals surface area contributed by atoms with Crippen LogP contribution in [0.5, 0.6) is 0 Å². The molecule has 100 valence electrons. The number of nitrogens with one attached hydrogen (secondary N) is 1. The Kier molecular flexibility index (Phi) is 3.70. The smallest absolute Gasteiger partial charge is 0.0705 e. The zero-order valence-electron chi connectivity index (χ0n) is 11.5. The van der Waals surface area contributed by atoms with Crippen molar-refractivity contribution < 1.29 is 0 Å². The van der Waals surface area contributed by atoms with Crippen molar-refractivity contribution in [2.24, 2.45) is 0 Å². The number of nitrogens with zero attached hydrogens (tertiary/aromatic N) is 2. The molecule has 20 heavy (non-hydrogen) atoms. The van der Waals surface area contributed by atoms with Crippen LogP contribution in [-0.2, 0) is 6.54 Å². The molecular weight excluding hydrogens is 246 g/mol. The Morgan fingerprint density at radius 2 is 1.80 bits per heavy atom. The van der Waals surface area contributed by atoms with Gasteiger partial charge in [0, 0.05) is 30.4 Å². The zero-order valence-corrected chi connectivity index (χ0v) is 11.5. The molecule has 0 aliphatic heterocycles. The van der Waals surface area contributed by atoms with Gasteiger partial charge in [0.05, 0.1) is 11.2 Å². The number of hydrogen-bond acceptors (Lipinski definition) is 3. The van der Waals surface area contributed by atoms with E-state index in [4.69, 9.17) is 0 Å². The Balaban J connectivity index is 1.77. The number of hydrogen-bond donors (Lipinski definition) is 1. The Hall–Kier alpha value is -2.26. The first-order valence-electron chi connectivity index (χ1n) is 6.81. The summed E-state index contributed by atoms with van der Waals surface area (Å²) in [6.45, 7) is 2.94. The van der Waals surface area contributed by atoms with Crippen molar-refractivity contribution in [2.75, 3.05) is 0 Å². The predicted molar refractivity (Wildman–Crippen MR) is 81.2 cm³/mol. The van der Waals surface area contributed by atoms with Crippen LogP contribution in [0.4, 0.5) is 0 Å². The molecule has 3 rings (SSSR count). The number of rotatable bonds is 4. The standard InChI is InChI=1S/C17H17N3/c1-13(16-7-4-5-10-18-16)20-12-14-9-11-19-17-8-3-2-6-15(14)17/h2-11,13,20H,12H2,1H3/t13-/m1/s1. The lowest BCUT2D eigenvalue weighted by Gasteiger charge is -2.14. The fourth-order valence-corrected chi connectivity index (χ4v) is 2.31. The van der Waals surface area contributed by atoms with Gasteiger partial charge in [-0.15, -0.1) is 0 Å². The van der Waals surface area contributed by atoms with Crippen molar-refractivity contribution in [3.63, 3.8) is 0 Å². The van der Waals surface area contributed by atoms with Crippen molar-refractivity contribution in [1.82, 2.24) is 15.3 Å². The van der Waals surface area contributed by atoms with Crippen LogP contribution in [0.25, 0.3) is 10.9 Å². The molecule has 2 heterocycles. The van der Waals surface area contributed by atoms with Gasteiger partial charge in [-0.1, -0.05) is 24.3 Å². The minimum absolute atomic E-state index is 0.225. The van der Waals surface area contributed by atoms with Gasteiger partial charge in [-0.3, -0.25) is 9.97 Å². The summed E-state index contributed by atoms with van der Waals surface area (Å²) >= 11 is 0. The maximum atomic E-state index is 4.39. The Labute approximate surface area is 118 Å². The van der Waals surface area contributed by atoms with Crippen LogP contribution in [0, 0.1) is 0 Å². The van der Waals surface area contributed by atoms with Crippen molar-refractivity contribution in [3.05, 3.63) is 72.2 Å². The largest absolute Gasteiger partial charge is 0.305 e. The lowest BCUT2D eigenvalue weighted by atomic mass is 10.1. The topological polar surface area (TPSA) is 37.8 Å². The van der Waals surface area contributed by atoms with Crippen LogP contribution >= 0.6 is 0 Å². The van der Waals surface area contributed by atoms with E-state index >= 15 is 0 Å². The highest BCUT2D eigenvalue weighted by molar-refractivity contribution is 5.81. The normalized spacial score (nSPS) is 12.4. The lowest BCUT2D eigenvalue weighted by molar-refractivity contribution is 0.563. The first-order valence-corrected chi connectivity index (χ1v) is 6.81. The summed E-state index contributed by atoms with van der Waals surface area (Å²) in [4.78, 5) is 8.77. The molecule has 0 spiro atoms. The Morgan fingerprint density at radius 1 is 0.950 bits per heavy atom. The van der Waals surface area contributed by atoms with Gasteiger partial charge < -0.3 is 5.32 Å². The van der Waals surface area contributed by atoms with Gasteiger partial charge in [0.2, 0.25) is 0 Å². The van der Waals surface area contributed by atoms with Crippen LogP contribution < -0.4 is 5.32 Å². The molecule has 0 saturated carbocycles. The molecule has 0 fully saturated rings. The Morgan fingerprint density at radius 3 is 2.65 bits per heavy atom. The third kappa shape index (κ3) is 2.68. The third-order valence-electron chi connectivity index (χ3n) is 3.47. The van der Waals surface area contributed by atoms with E-state index in [0.29, 0.717) is 0 Å². The summed E-state index contributed by atoms with van der Waals surface area (Å²) in [5.41, 5.74) is 3.36. The quantitative estimate of drug-likeness (QED) is 0.783. The van der Waals surface area contributed by atoms with E-state index in [1.165, 1.54) is 10.9 Å². The first kappa shape index (κ1) is 12.8. The maximum Gasteiger partial charge on any atom is 0.0705 e. The molecule has 0 aliphatic rings. The molecule has 0 bridgehead atoms. The molecule has 3 heteroatoms. The molecule has 0 aliphatic carbocycles. The monoisotopic (exact) mass is 263 g/mol. The number of fused-ring (bicyclic) bond motifs is 1. The van der Waals surface area contributed by atoms with Gasteiger partial charge in [-0.05, 0) is 36.8 Å². The summed E-state index contributed by atoms with van der Waals surface area (Å²) in [6, 6.07) is 16.5. The van der Waals surface area contributed by atoms with E-state index in [2.05, 4.69) is 40.4 Å². The molecule has 0 saturated heterocycles. The van der Waals surface area contributed by atoms with Crippen molar-refractivity contribution >= 4 is 10.9 Å². The summed E-state index contributed by atoms with van der Waals surface area (Å²) in [6.07, 6.45) is 3.69. The van der Waals surface area contributed by atoms with E-state index in [1.807, 2.05) is 42.7 Å². The predicted octanol–water partition coefficient (Wildman–Crippen LogP) is 3.48. The fourth-order valence-electron chi connectivity index (χ4n) is 2.31. The molecule has 0 unspecified atom stereocenters. The lowest BCUT2D eigenvalue weighted by Crippen LogP contribution is -2.19. The molecule has 3 aromatic rings. The zero-order chi connectivity index (χ0) is 13.8. The second-order valence-corrected chi connectivity index (χ2v) is 4.84. The van der Waals surface area contributed by atoms with E-state index in [-0.39, 0.29) is 6.04 Å². The van der Waals surface area contributed by atoms with Crippen molar-refractivity contribution in [2.45, 2.75) is 19.5 Å². The maximum absolute atomic E-state index is 4.39. The summed E-state index contributed by atoms with van der Waals surface area (Å²) in [5.74, 6) is 0. The van der Waals surface area contributed by atoms with Crippen LogP contribution in [0.1, 0.15) is 24.2 Å². The summed E-state index contributed by atoms with van der Waals surface area (Å²) < 4.78 is 0. The molecular formula is C17H17N3. The molecule has 1 N–H and O–H groups in total. The number of benzene rings is 1. The van der Waals surface area contributed by atoms with Gasteiger partial charge in [-0.25, -0.2) is 0 Å². The molecule has 1 aromatic carbocycles. The second kappa shape index (κ2) is 5.80. The molecule has 2 aromatic heterocycles. The van der Waals surface area contributed by atoms with E-state index in [0.717, 1.165) is 17.8 Å². The van der Waals surface area contributed by atoms with Gasteiger partial charge in [-0.2, -0.15) is 0 Å². The van der Waals surface area contributed by atoms with Crippen molar-refractivity contribution in [1.29, 1.82) is 0 Å². The Bertz CT molecular complexity index is 689. The van der Waals surface area contributed by atoms with Crippen LogP contribution in [0.15, 0.2) is 60.9 Å². The highest BCUT2D eigenvalue weighted by Gasteiger charge is 2.07. The summed E-state index contributed by atoms with van der Waals surface area (Å²) in [5, 5.41) is 4.72. The molecule has 0 radical (unpaired) electrons. The average molecular weight is 263 g/mol. The SMILES string of the molecule is C[C@@H](NCc1ccnc2ccccc12)c1ccccn1. The molecule has 1 atom stereocenters. The van der Waals surface area contributed by atoms with E-state index < -0.39 is 0 Å². The van der Waals surface area contributed by atoms with Crippen LogP contribution in [0.3, 0.4) is 0 Å². The third-order valence-corrected chi connectivity index (χ3v) is 3.47. The molecule has 0 amide bonds. The van der Waals surface area contributed by atoms with E-state index in [1.54, 1.807) is 0 Å². The fraction of sp³-hybridized carbons (Fsp3) is 0.176. The van der Waals surface area contributed by atoms with Crippen LogP contribution in [-0.4, -0.2) is 9.97 Å². The van der Waals surface area contributed by atoms with Gasteiger partial charge in [0.25, 0.3) is 0 Å². The molecule has 3 nitrogen and oxygen atoms in total. The minimum atomic E-state index is 0.225. The van der Waals surface area contributed by atoms with Crippen molar-refractivity contribution in [3.8, 4) is 0 Å². The highest BCUT2D eigenvalue weighted by Crippen LogP contribution is 2.17. The minimum Gasteiger partial charge on any atom is -0.305 e. The van der Waals surface area contributed by atoms with Gasteiger partial charge in [0.1, 0.15) is 0 Å².